The molecule has 0 aromatic carbocycles. The van der Waals surface area contributed by atoms with Crippen LogP contribution in [0, 0.1) is 11.8 Å². The molecule has 2 fully saturated rings. The number of hydrogen-bond donors (Lipinski definition) is 2. The normalized spacial score (nSPS) is 28.9. The number of aliphatic hydroxyl groups excluding tert-OH is 1. The molecular weight excluding hydrogens is 256 g/mol. The van der Waals surface area contributed by atoms with E-state index in [2.05, 4.69) is 17.1 Å². The van der Waals surface area contributed by atoms with Gasteiger partial charge in [0.15, 0.2) is 0 Å². The minimum atomic E-state index is -0.336. The van der Waals surface area contributed by atoms with E-state index in [-0.39, 0.29) is 18.7 Å². The third kappa shape index (κ3) is 4.35. The molecule has 0 spiro atoms. The van der Waals surface area contributed by atoms with Gasteiger partial charge in [-0.05, 0) is 50.9 Å². The summed E-state index contributed by atoms with van der Waals surface area (Å²) in [6.07, 6.45) is 5.22. The Balaban J connectivity index is 1.91. The summed E-state index contributed by atoms with van der Waals surface area (Å²) in [6.45, 7) is 4.57. The molecule has 116 valence electrons. The number of ether oxygens (including phenoxy) is 1. The Kier molecular flexibility index (Phi) is 5.66. The largest absolute Gasteiger partial charge is 0.453 e. The number of amides is 1. The van der Waals surface area contributed by atoms with Gasteiger partial charge in [0.1, 0.15) is 0 Å². The number of methoxy groups -OCH3 is 1. The van der Waals surface area contributed by atoms with Crippen molar-refractivity contribution in [3.63, 3.8) is 0 Å². The molecule has 0 radical (unpaired) electrons. The van der Waals surface area contributed by atoms with Gasteiger partial charge in [0.25, 0.3) is 0 Å². The van der Waals surface area contributed by atoms with E-state index < -0.39 is 0 Å². The highest BCUT2D eigenvalue weighted by Crippen LogP contribution is 2.37. The number of carbonyl (C=O) groups is 1. The molecule has 2 rings (SSSR count). The highest BCUT2D eigenvalue weighted by atomic mass is 16.5. The maximum absolute atomic E-state index is 11.4. The van der Waals surface area contributed by atoms with Crippen molar-refractivity contribution in [2.45, 2.75) is 51.1 Å². The molecule has 0 aromatic heterocycles. The van der Waals surface area contributed by atoms with E-state index in [0.717, 1.165) is 38.3 Å². The third-order valence-electron chi connectivity index (χ3n) is 4.72. The smallest absolute Gasteiger partial charge is 0.407 e. The van der Waals surface area contributed by atoms with Crippen LogP contribution >= 0.6 is 0 Å². The first-order valence-corrected chi connectivity index (χ1v) is 7.83. The molecule has 3 atom stereocenters. The van der Waals surface area contributed by atoms with E-state index in [4.69, 9.17) is 9.84 Å². The molecule has 1 heterocycles. The number of rotatable bonds is 6. The van der Waals surface area contributed by atoms with Gasteiger partial charge >= 0.3 is 6.09 Å². The molecule has 1 amide bonds. The van der Waals surface area contributed by atoms with E-state index in [0.29, 0.717) is 12.0 Å². The van der Waals surface area contributed by atoms with Crippen molar-refractivity contribution in [2.24, 2.45) is 11.8 Å². The summed E-state index contributed by atoms with van der Waals surface area (Å²) in [4.78, 5) is 13.9. The predicted octanol–water partition coefficient (Wildman–Crippen LogP) is 1.60. The number of likely N-dealkylation sites (tertiary alicyclic amines) is 1. The van der Waals surface area contributed by atoms with Crippen LogP contribution in [0.2, 0.25) is 0 Å². The lowest BCUT2D eigenvalue weighted by Gasteiger charge is -2.41. The summed E-state index contributed by atoms with van der Waals surface area (Å²) in [5.41, 5.74) is 0. The fourth-order valence-electron chi connectivity index (χ4n) is 3.37. The summed E-state index contributed by atoms with van der Waals surface area (Å²) < 4.78 is 4.72. The number of hydrogen-bond acceptors (Lipinski definition) is 4. The van der Waals surface area contributed by atoms with Crippen LogP contribution in [-0.2, 0) is 4.74 Å². The Morgan fingerprint density at radius 2 is 2.20 bits per heavy atom. The quantitative estimate of drug-likeness (QED) is 0.778. The summed E-state index contributed by atoms with van der Waals surface area (Å²) >= 11 is 0. The minimum Gasteiger partial charge on any atom is -0.453 e. The van der Waals surface area contributed by atoms with E-state index in [1.807, 2.05) is 0 Å². The van der Waals surface area contributed by atoms with Crippen LogP contribution < -0.4 is 5.32 Å². The maximum atomic E-state index is 11.4. The van der Waals surface area contributed by atoms with Crippen molar-refractivity contribution in [3.05, 3.63) is 0 Å². The van der Waals surface area contributed by atoms with Crippen LogP contribution in [0.4, 0.5) is 4.79 Å². The average Bonchev–Trinajstić information content (AvgIpc) is 3.28. The van der Waals surface area contributed by atoms with Crippen LogP contribution in [-0.4, -0.2) is 55.0 Å². The maximum Gasteiger partial charge on any atom is 0.407 e. The van der Waals surface area contributed by atoms with Crippen molar-refractivity contribution < 1.29 is 14.6 Å². The fourth-order valence-corrected chi connectivity index (χ4v) is 3.37. The molecule has 20 heavy (non-hydrogen) atoms. The number of nitrogens with zero attached hydrogens (tertiary/aromatic N) is 1. The fraction of sp³-hybridized carbons (Fsp3) is 0.933. The van der Waals surface area contributed by atoms with Crippen molar-refractivity contribution in [1.82, 2.24) is 10.2 Å². The molecule has 3 unspecified atom stereocenters. The van der Waals surface area contributed by atoms with Gasteiger partial charge in [-0.25, -0.2) is 4.79 Å². The molecule has 5 heteroatoms. The van der Waals surface area contributed by atoms with Gasteiger partial charge in [0, 0.05) is 31.8 Å². The Morgan fingerprint density at radius 1 is 1.45 bits per heavy atom. The monoisotopic (exact) mass is 284 g/mol. The molecule has 1 saturated carbocycles. The molecule has 0 aromatic rings. The van der Waals surface area contributed by atoms with Crippen molar-refractivity contribution in [2.75, 3.05) is 26.8 Å². The van der Waals surface area contributed by atoms with Crippen LogP contribution in [0.1, 0.15) is 39.0 Å². The zero-order chi connectivity index (χ0) is 14.5. The molecular formula is C15H28N2O3. The second-order valence-electron chi connectivity index (χ2n) is 6.33. The van der Waals surface area contributed by atoms with Gasteiger partial charge in [-0.1, -0.05) is 0 Å². The topological polar surface area (TPSA) is 61.8 Å². The molecule has 0 bridgehead atoms. The van der Waals surface area contributed by atoms with E-state index in [9.17, 15) is 4.79 Å². The Bertz CT molecular complexity index is 320. The van der Waals surface area contributed by atoms with Gasteiger partial charge in [-0.15, -0.1) is 0 Å². The first kappa shape index (κ1) is 15.6. The van der Waals surface area contributed by atoms with Gasteiger partial charge in [-0.2, -0.15) is 0 Å². The number of piperidine rings is 1. The van der Waals surface area contributed by atoms with Gasteiger partial charge in [0.05, 0.1) is 7.11 Å². The number of alkyl carbamates (subject to hydrolysis) is 1. The molecule has 2 aliphatic rings. The van der Waals surface area contributed by atoms with Crippen LogP contribution in [0.15, 0.2) is 0 Å². The zero-order valence-corrected chi connectivity index (χ0v) is 12.7. The second kappa shape index (κ2) is 7.27. The third-order valence-corrected chi connectivity index (χ3v) is 4.72. The summed E-state index contributed by atoms with van der Waals surface area (Å²) in [7, 11) is 1.41. The van der Waals surface area contributed by atoms with Crippen molar-refractivity contribution in [1.29, 1.82) is 0 Å². The van der Waals surface area contributed by atoms with Crippen LogP contribution in [0.3, 0.4) is 0 Å². The zero-order valence-electron chi connectivity index (χ0n) is 12.7. The average molecular weight is 284 g/mol. The van der Waals surface area contributed by atoms with Crippen molar-refractivity contribution in [3.8, 4) is 0 Å². The molecule has 1 saturated heterocycles. The summed E-state index contributed by atoms with van der Waals surface area (Å²) in [5.74, 6) is 1.39. The number of nitrogens with one attached hydrogen (secondary N) is 1. The van der Waals surface area contributed by atoms with Gasteiger partial charge in [-0.3, -0.25) is 4.90 Å². The standard InChI is InChI=1S/C15H28N2O3/c1-11(13-5-6-13)17-9-12(4-3-7-18)8-14(10-17)16-15(19)20-2/h11-14,18H,3-10H2,1-2H3,(H,16,19). The van der Waals surface area contributed by atoms with E-state index in [1.165, 1.54) is 20.0 Å². The van der Waals surface area contributed by atoms with Gasteiger partial charge in [0.2, 0.25) is 0 Å². The Morgan fingerprint density at radius 3 is 2.80 bits per heavy atom. The molecule has 2 N–H and O–H groups in total. The Labute approximate surface area is 121 Å². The van der Waals surface area contributed by atoms with Gasteiger partial charge < -0.3 is 15.2 Å². The highest BCUT2D eigenvalue weighted by molar-refractivity contribution is 5.67. The lowest BCUT2D eigenvalue weighted by molar-refractivity contribution is 0.0836. The summed E-state index contributed by atoms with van der Waals surface area (Å²) in [6, 6.07) is 0.773. The van der Waals surface area contributed by atoms with Crippen LogP contribution in [0.25, 0.3) is 0 Å². The molecule has 1 aliphatic carbocycles. The highest BCUT2D eigenvalue weighted by Gasteiger charge is 2.36. The lowest BCUT2D eigenvalue weighted by Crippen LogP contribution is -2.53. The van der Waals surface area contributed by atoms with E-state index in [1.54, 1.807) is 0 Å². The SMILES string of the molecule is COC(=O)NC1CC(CCCO)CN(C(C)C2CC2)C1. The minimum absolute atomic E-state index is 0.168. The lowest BCUT2D eigenvalue weighted by atomic mass is 9.89. The van der Waals surface area contributed by atoms with E-state index >= 15 is 0 Å². The molecule has 1 aliphatic heterocycles. The summed E-state index contributed by atoms with van der Waals surface area (Å²) in [5, 5.41) is 12.0. The Hall–Kier alpha value is -0.810. The van der Waals surface area contributed by atoms with Crippen molar-refractivity contribution >= 4 is 6.09 Å². The molecule has 5 nitrogen and oxygen atoms in total. The first-order chi connectivity index (χ1) is 9.63. The number of aliphatic hydroxyl groups is 1. The van der Waals surface area contributed by atoms with Crippen LogP contribution in [0.5, 0.6) is 0 Å². The second-order valence-corrected chi connectivity index (χ2v) is 6.33. The predicted molar refractivity (Wildman–Crippen MR) is 77.5 cm³/mol. The number of carbonyl (C=O) groups excluding carboxylic acids is 1. The first-order valence-electron chi connectivity index (χ1n) is 7.83.